The Hall–Kier alpha value is -2.22. The maximum atomic E-state index is 12.2. The number of Topliss-reactive ketones (excluding diaryl/α,β-unsaturated/α-hetero) is 1. The monoisotopic (exact) mass is 240 g/mol. The third kappa shape index (κ3) is 2.72. The van der Waals surface area contributed by atoms with E-state index in [2.05, 4.69) is 0 Å². The molecular formula is C16H16O2. The normalized spacial score (nSPS) is 9.39. The summed E-state index contributed by atoms with van der Waals surface area (Å²) in [5, 5.41) is 0. The lowest BCUT2D eigenvalue weighted by Crippen LogP contribution is -2.07. The molecule has 0 heterocycles. The average molecular weight is 240 g/mol. The Bertz CT molecular complexity index is 556. The van der Waals surface area contributed by atoms with Gasteiger partial charge in [-0.05, 0) is 6.92 Å². The smallest absolute Gasteiger partial charge is 0.193 e. The van der Waals surface area contributed by atoms with Gasteiger partial charge < -0.3 is 0 Å². The molecule has 0 saturated heterocycles. The number of carbonyl (C=O) groups excluding carboxylic acids is 2. The summed E-state index contributed by atoms with van der Waals surface area (Å²) in [5.41, 5.74) is 1.54. The van der Waals surface area contributed by atoms with Crippen molar-refractivity contribution in [2.24, 2.45) is 0 Å². The third-order valence-corrected chi connectivity index (χ3v) is 2.59. The second kappa shape index (κ2) is 5.92. The largest absolute Gasteiger partial charge is 0.294 e. The van der Waals surface area contributed by atoms with E-state index in [1.165, 1.54) is 6.92 Å². The van der Waals surface area contributed by atoms with Crippen molar-refractivity contribution in [1.82, 2.24) is 0 Å². The topological polar surface area (TPSA) is 34.1 Å². The van der Waals surface area contributed by atoms with E-state index in [1.54, 1.807) is 36.4 Å². The second-order valence-corrected chi connectivity index (χ2v) is 3.80. The molecule has 0 N–H and O–H groups in total. The third-order valence-electron chi connectivity index (χ3n) is 2.59. The summed E-state index contributed by atoms with van der Waals surface area (Å²) in [7, 11) is 0. The first kappa shape index (κ1) is 13.8. The van der Waals surface area contributed by atoms with Crippen LogP contribution in [-0.4, -0.2) is 11.6 Å². The van der Waals surface area contributed by atoms with E-state index in [4.69, 9.17) is 0 Å². The molecule has 0 atom stereocenters. The van der Waals surface area contributed by atoms with Crippen LogP contribution < -0.4 is 0 Å². The Morgan fingerprint density at radius 1 is 0.778 bits per heavy atom. The second-order valence-electron chi connectivity index (χ2n) is 3.80. The molecule has 92 valence electrons. The van der Waals surface area contributed by atoms with Crippen molar-refractivity contribution in [3.8, 4) is 0 Å². The van der Waals surface area contributed by atoms with Crippen LogP contribution in [0.3, 0.4) is 0 Å². The molecule has 2 aromatic rings. The highest BCUT2D eigenvalue weighted by atomic mass is 16.1. The minimum absolute atomic E-state index is 0. The SMILES string of the molecule is C.CC(=O)c1ccccc1C(=O)c1ccccc1. The molecule has 0 aliphatic heterocycles. The molecule has 0 spiro atoms. The number of carbonyl (C=O) groups is 2. The standard InChI is InChI=1S/C15H12O2.CH4/c1-11(16)13-9-5-6-10-14(13)15(17)12-7-3-2-4-8-12;/h2-10H,1H3;1H4. The molecule has 2 nitrogen and oxygen atoms in total. The van der Waals surface area contributed by atoms with Crippen LogP contribution in [0.15, 0.2) is 54.6 Å². The Morgan fingerprint density at radius 3 is 1.83 bits per heavy atom. The molecule has 18 heavy (non-hydrogen) atoms. The van der Waals surface area contributed by atoms with Crippen molar-refractivity contribution in [3.05, 3.63) is 71.3 Å². The van der Waals surface area contributed by atoms with Crippen molar-refractivity contribution in [3.63, 3.8) is 0 Å². The molecule has 0 fully saturated rings. The van der Waals surface area contributed by atoms with Gasteiger partial charge in [0.05, 0.1) is 0 Å². The van der Waals surface area contributed by atoms with Crippen LogP contribution in [0.5, 0.6) is 0 Å². The molecule has 0 aromatic heterocycles. The maximum absolute atomic E-state index is 12.2. The number of hydrogen-bond donors (Lipinski definition) is 0. The molecule has 2 rings (SSSR count). The quantitative estimate of drug-likeness (QED) is 0.765. The Kier molecular flexibility index (Phi) is 4.55. The summed E-state index contributed by atoms with van der Waals surface area (Å²) in [6, 6.07) is 15.9. The van der Waals surface area contributed by atoms with Crippen molar-refractivity contribution < 1.29 is 9.59 Å². The van der Waals surface area contributed by atoms with E-state index < -0.39 is 0 Å². The van der Waals surface area contributed by atoms with Gasteiger partial charge in [0.15, 0.2) is 11.6 Å². The van der Waals surface area contributed by atoms with Crippen molar-refractivity contribution in [2.75, 3.05) is 0 Å². The van der Waals surface area contributed by atoms with Crippen molar-refractivity contribution in [2.45, 2.75) is 14.4 Å². The molecule has 0 aliphatic carbocycles. The summed E-state index contributed by atoms with van der Waals surface area (Å²) >= 11 is 0. The molecule has 0 bridgehead atoms. The van der Waals surface area contributed by atoms with Crippen molar-refractivity contribution >= 4 is 11.6 Å². The first-order valence-electron chi connectivity index (χ1n) is 5.40. The zero-order chi connectivity index (χ0) is 12.3. The van der Waals surface area contributed by atoms with Gasteiger partial charge in [-0.25, -0.2) is 0 Å². The lowest BCUT2D eigenvalue weighted by Gasteiger charge is -2.05. The molecule has 0 radical (unpaired) electrons. The van der Waals surface area contributed by atoms with Crippen LogP contribution in [0.2, 0.25) is 0 Å². The van der Waals surface area contributed by atoms with Gasteiger partial charge in [0.1, 0.15) is 0 Å². The van der Waals surface area contributed by atoms with Crippen molar-refractivity contribution in [1.29, 1.82) is 0 Å². The van der Waals surface area contributed by atoms with E-state index in [1.807, 2.05) is 18.2 Å². The lowest BCUT2D eigenvalue weighted by molar-refractivity contribution is 0.0990. The molecular weight excluding hydrogens is 224 g/mol. The minimum Gasteiger partial charge on any atom is -0.294 e. The highest BCUT2D eigenvalue weighted by Crippen LogP contribution is 2.15. The number of hydrogen-bond acceptors (Lipinski definition) is 2. The summed E-state index contributed by atoms with van der Waals surface area (Å²) in [4.78, 5) is 23.7. The Morgan fingerprint density at radius 2 is 1.28 bits per heavy atom. The summed E-state index contributed by atoms with van der Waals surface area (Å²) in [6.07, 6.45) is 0. The summed E-state index contributed by atoms with van der Waals surface area (Å²) < 4.78 is 0. The highest BCUT2D eigenvalue weighted by Gasteiger charge is 2.14. The van der Waals surface area contributed by atoms with Gasteiger partial charge >= 0.3 is 0 Å². The fourth-order valence-corrected chi connectivity index (χ4v) is 1.73. The van der Waals surface area contributed by atoms with E-state index in [0.29, 0.717) is 16.7 Å². The Balaban J connectivity index is 0.00000162. The van der Waals surface area contributed by atoms with Crippen LogP contribution in [-0.2, 0) is 0 Å². The maximum Gasteiger partial charge on any atom is 0.193 e. The molecule has 0 amide bonds. The number of benzene rings is 2. The van der Waals surface area contributed by atoms with Gasteiger partial charge in [-0.1, -0.05) is 62.0 Å². The minimum atomic E-state index is -0.114. The fourth-order valence-electron chi connectivity index (χ4n) is 1.73. The van der Waals surface area contributed by atoms with E-state index in [9.17, 15) is 9.59 Å². The van der Waals surface area contributed by atoms with Gasteiger partial charge in [0.25, 0.3) is 0 Å². The van der Waals surface area contributed by atoms with Gasteiger partial charge in [0.2, 0.25) is 0 Å². The highest BCUT2D eigenvalue weighted by molar-refractivity contribution is 6.15. The van der Waals surface area contributed by atoms with Gasteiger partial charge in [-0.3, -0.25) is 9.59 Å². The summed E-state index contributed by atoms with van der Waals surface area (Å²) in [6.45, 7) is 1.47. The first-order chi connectivity index (χ1) is 8.20. The van der Waals surface area contributed by atoms with Crippen LogP contribution in [0, 0.1) is 0 Å². The summed E-state index contributed by atoms with van der Waals surface area (Å²) in [5.74, 6) is -0.207. The predicted octanol–water partition coefficient (Wildman–Crippen LogP) is 3.76. The van der Waals surface area contributed by atoms with Gasteiger partial charge in [-0.2, -0.15) is 0 Å². The van der Waals surface area contributed by atoms with Crippen LogP contribution in [0.4, 0.5) is 0 Å². The average Bonchev–Trinajstić information content (AvgIpc) is 2.39. The van der Waals surface area contributed by atoms with Gasteiger partial charge in [-0.15, -0.1) is 0 Å². The molecule has 0 saturated carbocycles. The van der Waals surface area contributed by atoms with E-state index >= 15 is 0 Å². The molecule has 2 heteroatoms. The zero-order valence-corrected chi connectivity index (χ0v) is 9.51. The zero-order valence-electron chi connectivity index (χ0n) is 9.51. The number of rotatable bonds is 3. The Labute approximate surface area is 107 Å². The molecule has 0 unspecified atom stereocenters. The first-order valence-corrected chi connectivity index (χ1v) is 5.40. The lowest BCUT2D eigenvalue weighted by atomic mass is 9.97. The molecule has 0 aliphatic rings. The van der Waals surface area contributed by atoms with Gasteiger partial charge in [0, 0.05) is 16.7 Å². The van der Waals surface area contributed by atoms with Crippen LogP contribution >= 0.6 is 0 Å². The fraction of sp³-hybridized carbons (Fsp3) is 0.125. The van der Waals surface area contributed by atoms with Crippen LogP contribution in [0.25, 0.3) is 0 Å². The molecule has 2 aromatic carbocycles. The predicted molar refractivity (Wildman–Crippen MR) is 73.1 cm³/mol. The van der Waals surface area contributed by atoms with E-state index in [-0.39, 0.29) is 19.0 Å². The van der Waals surface area contributed by atoms with Crippen LogP contribution in [0.1, 0.15) is 40.6 Å². The number of ketones is 2. The van der Waals surface area contributed by atoms with E-state index in [0.717, 1.165) is 0 Å².